The molecule has 0 radical (unpaired) electrons. The molecule has 0 saturated carbocycles. The molecule has 0 aliphatic carbocycles. The third-order valence-electron chi connectivity index (χ3n) is 4.91. The molecule has 0 bridgehead atoms. The van der Waals surface area contributed by atoms with Crippen LogP contribution in [-0.4, -0.2) is 80.2 Å². The number of urea groups is 1. The van der Waals surface area contributed by atoms with Gasteiger partial charge < -0.3 is 19.9 Å². The van der Waals surface area contributed by atoms with E-state index in [1.807, 2.05) is 4.90 Å². The molecule has 2 aliphatic rings. The zero-order chi connectivity index (χ0) is 17.1. The van der Waals surface area contributed by atoms with Gasteiger partial charge in [-0.25, -0.2) is 4.79 Å². The summed E-state index contributed by atoms with van der Waals surface area (Å²) in [5, 5.41) is 3.50. The highest BCUT2D eigenvalue weighted by Gasteiger charge is 2.31. The maximum absolute atomic E-state index is 12.6. The summed E-state index contributed by atoms with van der Waals surface area (Å²) in [5.74, 6) is 0.613. The van der Waals surface area contributed by atoms with Gasteiger partial charge in [0.25, 0.3) is 0 Å². The molecule has 1 aromatic carbocycles. The summed E-state index contributed by atoms with van der Waals surface area (Å²) in [6, 6.07) is 5.59. The van der Waals surface area contributed by atoms with Gasteiger partial charge in [0.1, 0.15) is 5.75 Å². The molecule has 2 aliphatic heterocycles. The number of benzene rings is 1. The lowest BCUT2D eigenvalue weighted by Crippen LogP contribution is -2.50. The number of likely N-dealkylation sites (N-methyl/N-ethyl adjacent to an activating group) is 1. The van der Waals surface area contributed by atoms with E-state index in [0.717, 1.165) is 45.7 Å². The first-order valence-corrected chi connectivity index (χ1v) is 8.76. The number of piperazine rings is 1. The number of hydrogen-bond donors (Lipinski definition) is 1. The Morgan fingerprint density at radius 1 is 1.25 bits per heavy atom. The van der Waals surface area contributed by atoms with Crippen molar-refractivity contribution < 1.29 is 9.53 Å². The fourth-order valence-electron chi connectivity index (χ4n) is 3.38. The van der Waals surface area contributed by atoms with Crippen LogP contribution in [0.15, 0.2) is 18.2 Å². The van der Waals surface area contributed by atoms with Crippen molar-refractivity contribution in [2.45, 2.75) is 12.5 Å². The fourth-order valence-corrected chi connectivity index (χ4v) is 3.56. The number of hydrogen-bond acceptors (Lipinski definition) is 4. The highest BCUT2D eigenvalue weighted by molar-refractivity contribution is 6.31. The molecule has 2 amide bonds. The van der Waals surface area contributed by atoms with Crippen LogP contribution in [0.2, 0.25) is 5.02 Å². The lowest BCUT2D eigenvalue weighted by molar-refractivity contribution is 0.115. The van der Waals surface area contributed by atoms with E-state index in [1.165, 1.54) is 0 Å². The Labute approximate surface area is 148 Å². The van der Waals surface area contributed by atoms with Gasteiger partial charge in [-0.2, -0.15) is 0 Å². The van der Waals surface area contributed by atoms with Gasteiger partial charge in [-0.05, 0) is 31.7 Å². The number of anilines is 1. The summed E-state index contributed by atoms with van der Waals surface area (Å²) in [6.07, 6.45) is 1.03. The number of methoxy groups -OCH3 is 1. The summed E-state index contributed by atoms with van der Waals surface area (Å²) in [4.78, 5) is 19.3. The van der Waals surface area contributed by atoms with Gasteiger partial charge >= 0.3 is 6.03 Å². The van der Waals surface area contributed by atoms with Gasteiger partial charge in [0.05, 0.1) is 12.8 Å². The molecule has 7 heteroatoms. The zero-order valence-electron chi connectivity index (χ0n) is 14.3. The predicted molar refractivity (Wildman–Crippen MR) is 96.1 cm³/mol. The Balaban J connectivity index is 1.58. The Kier molecular flexibility index (Phi) is 5.48. The van der Waals surface area contributed by atoms with Crippen LogP contribution in [0.1, 0.15) is 6.42 Å². The van der Waals surface area contributed by atoms with Gasteiger partial charge in [-0.15, -0.1) is 0 Å². The van der Waals surface area contributed by atoms with Crippen molar-refractivity contribution in [1.82, 2.24) is 14.7 Å². The molecule has 6 nitrogen and oxygen atoms in total. The molecule has 1 aromatic rings. The summed E-state index contributed by atoms with van der Waals surface area (Å²) in [6.45, 7) is 5.92. The van der Waals surface area contributed by atoms with Crippen LogP contribution in [-0.2, 0) is 0 Å². The third-order valence-corrected chi connectivity index (χ3v) is 5.14. The quantitative estimate of drug-likeness (QED) is 0.906. The van der Waals surface area contributed by atoms with Gasteiger partial charge in [0.15, 0.2) is 0 Å². The Bertz CT molecular complexity index is 590. The summed E-state index contributed by atoms with van der Waals surface area (Å²) in [5.41, 5.74) is 0.609. The van der Waals surface area contributed by atoms with Crippen molar-refractivity contribution >= 4 is 23.3 Å². The topological polar surface area (TPSA) is 48.1 Å². The minimum Gasteiger partial charge on any atom is -0.495 e. The minimum absolute atomic E-state index is 0.0906. The average molecular weight is 353 g/mol. The monoisotopic (exact) mass is 352 g/mol. The summed E-state index contributed by atoms with van der Waals surface area (Å²) < 4.78 is 5.29. The molecular formula is C17H25ClN4O2. The van der Waals surface area contributed by atoms with E-state index in [9.17, 15) is 4.79 Å². The van der Waals surface area contributed by atoms with Gasteiger partial charge in [0.2, 0.25) is 0 Å². The van der Waals surface area contributed by atoms with Gasteiger partial charge in [-0.3, -0.25) is 4.90 Å². The number of rotatable bonds is 3. The fraction of sp³-hybridized carbons (Fsp3) is 0.588. The number of nitrogens with one attached hydrogen (secondary N) is 1. The van der Waals surface area contributed by atoms with Crippen molar-refractivity contribution in [3.8, 4) is 5.75 Å². The van der Waals surface area contributed by atoms with Crippen molar-refractivity contribution in [3.63, 3.8) is 0 Å². The van der Waals surface area contributed by atoms with Crippen molar-refractivity contribution in [2.75, 3.05) is 58.7 Å². The first kappa shape index (κ1) is 17.3. The number of nitrogens with zero attached hydrogens (tertiary/aromatic N) is 3. The lowest BCUT2D eigenvalue weighted by Gasteiger charge is -2.36. The zero-order valence-corrected chi connectivity index (χ0v) is 15.1. The predicted octanol–water partition coefficient (Wildman–Crippen LogP) is 2.20. The average Bonchev–Trinajstić information content (AvgIpc) is 3.06. The standard InChI is InChI=1S/C17H25ClN4O2/c1-20-7-9-21(10-8-20)14-5-6-22(12-14)17(23)19-15-11-13(18)3-4-16(15)24-2/h3-4,11,14H,5-10,12H2,1-2H3,(H,19,23). The molecule has 132 valence electrons. The van der Waals surface area contributed by atoms with Crippen molar-refractivity contribution in [2.24, 2.45) is 0 Å². The minimum atomic E-state index is -0.0906. The molecule has 1 unspecified atom stereocenters. The van der Waals surface area contributed by atoms with Crippen molar-refractivity contribution in [3.05, 3.63) is 23.2 Å². The number of ether oxygens (including phenoxy) is 1. The number of halogens is 1. The van der Waals surface area contributed by atoms with Crippen LogP contribution < -0.4 is 10.1 Å². The number of amides is 2. The normalized spacial score (nSPS) is 22.6. The molecule has 2 saturated heterocycles. The van der Waals surface area contributed by atoms with E-state index in [1.54, 1.807) is 25.3 Å². The molecule has 3 rings (SSSR count). The Morgan fingerprint density at radius 2 is 2.00 bits per heavy atom. The first-order valence-electron chi connectivity index (χ1n) is 8.39. The molecule has 0 spiro atoms. The largest absolute Gasteiger partial charge is 0.495 e. The Hall–Kier alpha value is -1.50. The van der Waals surface area contributed by atoms with E-state index < -0.39 is 0 Å². The molecule has 2 heterocycles. The van der Waals surface area contributed by atoms with Crippen LogP contribution in [0.5, 0.6) is 5.75 Å². The first-order chi connectivity index (χ1) is 11.6. The van der Waals surface area contributed by atoms with Crippen molar-refractivity contribution in [1.29, 1.82) is 0 Å². The lowest BCUT2D eigenvalue weighted by atomic mass is 10.2. The summed E-state index contributed by atoms with van der Waals surface area (Å²) >= 11 is 6.02. The van der Waals surface area contributed by atoms with E-state index in [0.29, 0.717) is 22.5 Å². The maximum atomic E-state index is 12.6. The van der Waals surface area contributed by atoms with E-state index >= 15 is 0 Å². The molecule has 0 aromatic heterocycles. The molecule has 24 heavy (non-hydrogen) atoms. The van der Waals surface area contributed by atoms with E-state index in [4.69, 9.17) is 16.3 Å². The number of carbonyl (C=O) groups excluding carboxylic acids is 1. The van der Waals surface area contributed by atoms with Gasteiger partial charge in [0, 0.05) is 50.3 Å². The molecule has 1 atom stereocenters. The molecule has 2 fully saturated rings. The highest BCUT2D eigenvalue weighted by atomic mass is 35.5. The molecular weight excluding hydrogens is 328 g/mol. The van der Waals surface area contributed by atoms with Crippen LogP contribution in [0.25, 0.3) is 0 Å². The second kappa shape index (κ2) is 7.59. The number of carbonyl (C=O) groups is 1. The highest BCUT2D eigenvalue weighted by Crippen LogP contribution is 2.28. The number of likely N-dealkylation sites (tertiary alicyclic amines) is 1. The maximum Gasteiger partial charge on any atom is 0.322 e. The third kappa shape index (κ3) is 3.94. The molecule has 1 N–H and O–H groups in total. The van der Waals surface area contributed by atoms with E-state index in [2.05, 4.69) is 22.2 Å². The SMILES string of the molecule is COc1ccc(Cl)cc1NC(=O)N1CCC(N2CCN(C)CC2)C1. The van der Waals surface area contributed by atoms with Crippen LogP contribution in [0, 0.1) is 0 Å². The van der Waals surface area contributed by atoms with E-state index in [-0.39, 0.29) is 6.03 Å². The Morgan fingerprint density at radius 3 is 2.71 bits per heavy atom. The smallest absolute Gasteiger partial charge is 0.322 e. The van der Waals surface area contributed by atoms with Crippen LogP contribution >= 0.6 is 11.6 Å². The second-order valence-corrected chi connectivity index (χ2v) is 6.94. The van der Waals surface area contributed by atoms with Crippen LogP contribution in [0.4, 0.5) is 10.5 Å². The summed E-state index contributed by atoms with van der Waals surface area (Å²) in [7, 11) is 3.74. The second-order valence-electron chi connectivity index (χ2n) is 6.50. The van der Waals surface area contributed by atoms with Gasteiger partial charge in [-0.1, -0.05) is 11.6 Å². The van der Waals surface area contributed by atoms with Crippen LogP contribution in [0.3, 0.4) is 0 Å².